The lowest BCUT2D eigenvalue weighted by Gasteiger charge is -2.37. The van der Waals surface area contributed by atoms with Crippen molar-refractivity contribution >= 4 is 11.7 Å². The maximum atomic E-state index is 12.7. The molecule has 1 saturated carbocycles. The number of aliphatic hydroxyl groups is 1. The van der Waals surface area contributed by atoms with Gasteiger partial charge in [-0.3, -0.25) is 4.79 Å². The number of rotatable bonds is 8. The van der Waals surface area contributed by atoms with Crippen LogP contribution < -0.4 is 5.32 Å². The number of hydrogen-bond acceptors (Lipinski definition) is 4. The molecular weight excluding hydrogens is 266 g/mol. The molecule has 1 aromatic heterocycles. The number of nitrogens with one attached hydrogen (secondary N) is 1. The summed E-state index contributed by atoms with van der Waals surface area (Å²) in [5.74, 6) is 0.800. The van der Waals surface area contributed by atoms with Crippen LogP contribution in [-0.2, 0) is 0 Å². The molecular formula is C16H25N3O2. The van der Waals surface area contributed by atoms with Gasteiger partial charge < -0.3 is 15.3 Å². The Hall–Kier alpha value is -1.62. The normalized spacial score (nSPS) is 14.6. The van der Waals surface area contributed by atoms with E-state index in [9.17, 15) is 4.79 Å². The van der Waals surface area contributed by atoms with Crippen LogP contribution in [0.3, 0.4) is 0 Å². The molecule has 1 heterocycles. The summed E-state index contributed by atoms with van der Waals surface area (Å²) in [5, 5.41) is 12.2. The van der Waals surface area contributed by atoms with Crippen LogP contribution in [0.1, 0.15) is 49.4 Å². The Balaban J connectivity index is 2.07. The van der Waals surface area contributed by atoms with Gasteiger partial charge in [0, 0.05) is 37.5 Å². The summed E-state index contributed by atoms with van der Waals surface area (Å²) < 4.78 is 0. The highest BCUT2D eigenvalue weighted by Gasteiger charge is 2.29. The van der Waals surface area contributed by atoms with Crippen molar-refractivity contribution in [3.8, 4) is 0 Å². The van der Waals surface area contributed by atoms with Crippen molar-refractivity contribution in [1.82, 2.24) is 9.88 Å². The van der Waals surface area contributed by atoms with Gasteiger partial charge in [0.2, 0.25) is 0 Å². The number of pyridine rings is 1. The fourth-order valence-electron chi connectivity index (χ4n) is 2.47. The number of nitrogens with zero attached hydrogens (tertiary/aromatic N) is 2. The zero-order valence-electron chi connectivity index (χ0n) is 12.7. The van der Waals surface area contributed by atoms with Crippen LogP contribution in [-0.4, -0.2) is 46.6 Å². The largest absolute Gasteiger partial charge is 0.396 e. The smallest absolute Gasteiger partial charge is 0.254 e. The Bertz CT molecular complexity index is 461. The lowest BCUT2D eigenvalue weighted by atomic mass is 9.91. The maximum Gasteiger partial charge on any atom is 0.254 e. The minimum absolute atomic E-state index is 0.0510. The first-order chi connectivity index (χ1) is 10.3. The molecule has 2 N–H and O–H groups in total. The number of anilines is 1. The predicted octanol–water partition coefficient (Wildman–Crippen LogP) is 2.28. The molecule has 116 valence electrons. The number of carbonyl (C=O) groups excluding carboxylic acids is 1. The molecule has 0 atom stereocenters. The summed E-state index contributed by atoms with van der Waals surface area (Å²) >= 11 is 0. The molecule has 1 aliphatic carbocycles. The van der Waals surface area contributed by atoms with Crippen LogP contribution in [0.15, 0.2) is 18.3 Å². The second-order valence-electron chi connectivity index (χ2n) is 5.52. The third kappa shape index (κ3) is 4.17. The monoisotopic (exact) mass is 291 g/mol. The van der Waals surface area contributed by atoms with Crippen molar-refractivity contribution in [2.45, 2.75) is 45.1 Å². The number of aromatic nitrogens is 1. The minimum Gasteiger partial charge on any atom is -0.396 e. The molecule has 0 unspecified atom stereocenters. The van der Waals surface area contributed by atoms with Crippen molar-refractivity contribution in [2.24, 2.45) is 0 Å². The van der Waals surface area contributed by atoms with Gasteiger partial charge in [-0.25, -0.2) is 4.98 Å². The molecule has 0 saturated heterocycles. The molecule has 1 aliphatic rings. The Kier molecular flexibility index (Phi) is 5.99. The van der Waals surface area contributed by atoms with Crippen molar-refractivity contribution in [1.29, 1.82) is 0 Å². The summed E-state index contributed by atoms with van der Waals surface area (Å²) in [6.45, 7) is 3.69. The zero-order valence-corrected chi connectivity index (χ0v) is 12.7. The third-order valence-corrected chi connectivity index (χ3v) is 3.90. The van der Waals surface area contributed by atoms with E-state index in [4.69, 9.17) is 5.11 Å². The molecule has 0 aliphatic heterocycles. The van der Waals surface area contributed by atoms with Crippen LogP contribution >= 0.6 is 0 Å². The quantitative estimate of drug-likeness (QED) is 0.771. The van der Waals surface area contributed by atoms with E-state index in [0.29, 0.717) is 24.6 Å². The lowest BCUT2D eigenvalue weighted by Crippen LogP contribution is -2.45. The van der Waals surface area contributed by atoms with Crippen molar-refractivity contribution in [3.05, 3.63) is 23.9 Å². The highest BCUT2D eigenvalue weighted by molar-refractivity contribution is 5.95. The third-order valence-electron chi connectivity index (χ3n) is 3.90. The van der Waals surface area contributed by atoms with E-state index in [1.807, 2.05) is 11.0 Å². The SMILES string of the molecule is CCCNc1cc(C(=O)N(CCCO)C2CCC2)ccn1. The van der Waals surface area contributed by atoms with Crippen LogP contribution in [0.5, 0.6) is 0 Å². The van der Waals surface area contributed by atoms with E-state index in [1.165, 1.54) is 6.42 Å². The number of aliphatic hydroxyl groups excluding tert-OH is 1. The molecule has 5 nitrogen and oxygen atoms in total. The molecule has 0 radical (unpaired) electrons. The van der Waals surface area contributed by atoms with E-state index < -0.39 is 0 Å². The molecule has 21 heavy (non-hydrogen) atoms. The average molecular weight is 291 g/mol. The second-order valence-corrected chi connectivity index (χ2v) is 5.52. The van der Waals surface area contributed by atoms with Crippen molar-refractivity contribution in [2.75, 3.05) is 25.0 Å². The topological polar surface area (TPSA) is 65.5 Å². The fourth-order valence-corrected chi connectivity index (χ4v) is 2.47. The van der Waals surface area contributed by atoms with E-state index in [1.54, 1.807) is 12.3 Å². The van der Waals surface area contributed by atoms with E-state index in [2.05, 4.69) is 17.2 Å². The number of amides is 1. The lowest BCUT2D eigenvalue weighted by molar-refractivity contribution is 0.0562. The van der Waals surface area contributed by atoms with Gasteiger partial charge in [-0.2, -0.15) is 0 Å². The van der Waals surface area contributed by atoms with Crippen LogP contribution in [0.4, 0.5) is 5.82 Å². The molecule has 0 spiro atoms. The Morgan fingerprint density at radius 3 is 2.95 bits per heavy atom. The highest BCUT2D eigenvalue weighted by atomic mass is 16.3. The number of carbonyl (C=O) groups is 1. The van der Waals surface area contributed by atoms with Crippen molar-refractivity contribution in [3.63, 3.8) is 0 Å². The van der Waals surface area contributed by atoms with Gasteiger partial charge in [0.1, 0.15) is 5.82 Å². The average Bonchev–Trinajstić information content (AvgIpc) is 2.47. The molecule has 0 bridgehead atoms. The van der Waals surface area contributed by atoms with Gasteiger partial charge >= 0.3 is 0 Å². The standard InChI is InChI=1S/C16H25N3O2/c1-2-8-17-15-12-13(7-9-18-15)16(21)19(10-4-11-20)14-5-3-6-14/h7,9,12,14,20H,2-6,8,10-11H2,1H3,(H,17,18). The molecule has 5 heteroatoms. The van der Waals surface area contributed by atoms with E-state index in [0.717, 1.165) is 31.6 Å². The highest BCUT2D eigenvalue weighted by Crippen LogP contribution is 2.26. The Morgan fingerprint density at radius 2 is 2.33 bits per heavy atom. The van der Waals surface area contributed by atoms with Crippen LogP contribution in [0, 0.1) is 0 Å². The fraction of sp³-hybridized carbons (Fsp3) is 0.625. The van der Waals surface area contributed by atoms with E-state index in [-0.39, 0.29) is 12.5 Å². The first-order valence-electron chi connectivity index (χ1n) is 7.88. The summed E-state index contributed by atoms with van der Waals surface area (Å²) in [6, 6.07) is 3.93. The van der Waals surface area contributed by atoms with Gasteiger partial charge in [-0.15, -0.1) is 0 Å². The first kappa shape index (κ1) is 15.8. The van der Waals surface area contributed by atoms with Gasteiger partial charge in [-0.05, 0) is 44.2 Å². The zero-order chi connectivity index (χ0) is 15.1. The molecule has 0 aromatic carbocycles. The molecule has 2 rings (SSSR count). The van der Waals surface area contributed by atoms with Crippen molar-refractivity contribution < 1.29 is 9.90 Å². The predicted molar refractivity (Wildman–Crippen MR) is 83.4 cm³/mol. The second kappa shape index (κ2) is 7.98. The molecule has 1 aromatic rings. The minimum atomic E-state index is 0.0510. The van der Waals surface area contributed by atoms with Crippen LogP contribution in [0.25, 0.3) is 0 Å². The maximum absolute atomic E-state index is 12.7. The summed E-state index contributed by atoms with van der Waals surface area (Å²) in [4.78, 5) is 18.9. The first-order valence-corrected chi connectivity index (χ1v) is 7.88. The Morgan fingerprint density at radius 1 is 1.52 bits per heavy atom. The van der Waals surface area contributed by atoms with Gasteiger partial charge in [0.25, 0.3) is 5.91 Å². The number of hydrogen-bond donors (Lipinski definition) is 2. The van der Waals surface area contributed by atoms with Gasteiger partial charge in [-0.1, -0.05) is 6.92 Å². The summed E-state index contributed by atoms with van der Waals surface area (Å²) in [6.07, 6.45) is 6.66. The van der Waals surface area contributed by atoms with E-state index >= 15 is 0 Å². The molecule has 1 fully saturated rings. The van der Waals surface area contributed by atoms with Gasteiger partial charge in [0.15, 0.2) is 0 Å². The summed E-state index contributed by atoms with van der Waals surface area (Å²) in [7, 11) is 0. The van der Waals surface area contributed by atoms with Gasteiger partial charge in [0.05, 0.1) is 0 Å². The summed E-state index contributed by atoms with van der Waals surface area (Å²) in [5.41, 5.74) is 0.674. The Labute approximate surface area is 126 Å². The molecule has 1 amide bonds. The van der Waals surface area contributed by atoms with Crippen LogP contribution in [0.2, 0.25) is 0 Å².